The van der Waals surface area contributed by atoms with Gasteiger partial charge in [0.15, 0.2) is 5.78 Å². The van der Waals surface area contributed by atoms with Gasteiger partial charge in [0.25, 0.3) is 0 Å². The van der Waals surface area contributed by atoms with Crippen LogP contribution in [0.15, 0.2) is 115 Å². The number of piperidine rings is 1. The lowest BCUT2D eigenvalue weighted by atomic mass is 9.72. The van der Waals surface area contributed by atoms with Crippen LogP contribution in [-0.2, 0) is 5.60 Å². The summed E-state index contributed by atoms with van der Waals surface area (Å²) in [6.45, 7) is 2.79. The second-order valence-corrected chi connectivity index (χ2v) is 10.1. The fourth-order valence-electron chi connectivity index (χ4n) is 5.68. The summed E-state index contributed by atoms with van der Waals surface area (Å²) in [5.74, 6) is 0.357. The monoisotopic (exact) mass is 489 g/mol. The number of ketones is 1. The number of rotatable bonds is 9. The zero-order chi connectivity index (χ0) is 25.5. The highest BCUT2D eigenvalue weighted by Crippen LogP contribution is 2.41. The van der Waals surface area contributed by atoms with E-state index >= 15 is 0 Å². The Bertz CT molecular complexity index is 1220. The maximum atomic E-state index is 12.8. The molecule has 0 radical (unpaired) electrons. The number of carbonyl (C=O) groups is 1. The number of aliphatic hydroxyl groups is 1. The van der Waals surface area contributed by atoms with Crippen molar-refractivity contribution in [3.8, 4) is 11.1 Å². The molecule has 1 saturated heterocycles. The molecule has 0 saturated carbocycles. The third kappa shape index (κ3) is 5.74. The summed E-state index contributed by atoms with van der Waals surface area (Å²) < 4.78 is 0. The molecule has 0 atom stereocenters. The Morgan fingerprint density at radius 1 is 0.703 bits per heavy atom. The van der Waals surface area contributed by atoms with E-state index in [-0.39, 0.29) is 11.7 Å². The number of hydrogen-bond acceptors (Lipinski definition) is 3. The quantitative estimate of drug-likeness (QED) is 0.258. The van der Waals surface area contributed by atoms with Gasteiger partial charge in [-0.3, -0.25) is 4.79 Å². The Balaban J connectivity index is 1.15. The minimum Gasteiger partial charge on any atom is -0.380 e. The van der Waals surface area contributed by atoms with E-state index in [1.165, 1.54) is 0 Å². The molecule has 0 aromatic heterocycles. The molecule has 1 N–H and O–H groups in total. The fourth-order valence-corrected chi connectivity index (χ4v) is 5.68. The van der Waals surface area contributed by atoms with Crippen LogP contribution in [0.1, 0.15) is 47.2 Å². The van der Waals surface area contributed by atoms with Crippen LogP contribution in [0, 0.1) is 5.92 Å². The van der Waals surface area contributed by atoms with Gasteiger partial charge in [-0.2, -0.15) is 0 Å². The van der Waals surface area contributed by atoms with Crippen molar-refractivity contribution >= 4 is 5.78 Å². The summed E-state index contributed by atoms with van der Waals surface area (Å²) in [5, 5.41) is 12.1. The van der Waals surface area contributed by atoms with Crippen molar-refractivity contribution in [3.05, 3.63) is 132 Å². The molecule has 188 valence electrons. The van der Waals surface area contributed by atoms with E-state index in [1.807, 2.05) is 103 Å². The van der Waals surface area contributed by atoms with Crippen LogP contribution in [0.4, 0.5) is 0 Å². The molecular formula is C34H35NO2. The molecule has 0 spiro atoms. The van der Waals surface area contributed by atoms with E-state index in [0.717, 1.165) is 66.7 Å². The first-order valence-corrected chi connectivity index (χ1v) is 13.4. The lowest BCUT2D eigenvalue weighted by Crippen LogP contribution is -2.44. The number of Topliss-reactive ketones (excluding diaryl/α,β-unsaturated/α-hetero) is 1. The summed E-state index contributed by atoms with van der Waals surface area (Å²) in [6.07, 6.45) is 3.26. The Hall–Kier alpha value is -3.53. The summed E-state index contributed by atoms with van der Waals surface area (Å²) in [7, 11) is 0. The van der Waals surface area contributed by atoms with Crippen molar-refractivity contribution < 1.29 is 9.90 Å². The summed E-state index contributed by atoms with van der Waals surface area (Å²) in [6, 6.07) is 38.4. The van der Waals surface area contributed by atoms with Crippen LogP contribution < -0.4 is 0 Å². The molecule has 4 aromatic carbocycles. The predicted molar refractivity (Wildman–Crippen MR) is 150 cm³/mol. The SMILES string of the molecule is O=C(CCCN1CCC(C(O)(c2ccccc2)c2ccccc2)CC1)c1ccc(-c2ccccc2)cc1. The van der Waals surface area contributed by atoms with Gasteiger partial charge in [0.05, 0.1) is 0 Å². The van der Waals surface area contributed by atoms with Gasteiger partial charge >= 0.3 is 0 Å². The van der Waals surface area contributed by atoms with Gasteiger partial charge < -0.3 is 10.0 Å². The number of benzene rings is 4. The maximum absolute atomic E-state index is 12.8. The number of nitrogens with zero attached hydrogens (tertiary/aromatic N) is 1. The molecular weight excluding hydrogens is 454 g/mol. The van der Waals surface area contributed by atoms with E-state index in [2.05, 4.69) is 17.0 Å². The Kier molecular flexibility index (Phi) is 7.93. The molecule has 0 aliphatic carbocycles. The minimum absolute atomic E-state index is 0.151. The van der Waals surface area contributed by atoms with Crippen molar-refractivity contribution in [3.63, 3.8) is 0 Å². The van der Waals surface area contributed by atoms with E-state index in [9.17, 15) is 9.90 Å². The molecule has 5 rings (SSSR count). The van der Waals surface area contributed by atoms with E-state index in [0.29, 0.717) is 6.42 Å². The number of carbonyl (C=O) groups excluding carboxylic acids is 1. The van der Waals surface area contributed by atoms with Crippen LogP contribution in [0.25, 0.3) is 11.1 Å². The van der Waals surface area contributed by atoms with Gasteiger partial charge in [-0.25, -0.2) is 0 Å². The highest BCUT2D eigenvalue weighted by Gasteiger charge is 2.41. The average molecular weight is 490 g/mol. The van der Waals surface area contributed by atoms with Crippen LogP contribution in [0.3, 0.4) is 0 Å². The highest BCUT2D eigenvalue weighted by molar-refractivity contribution is 5.96. The second kappa shape index (κ2) is 11.7. The molecule has 0 unspecified atom stereocenters. The van der Waals surface area contributed by atoms with E-state index in [1.54, 1.807) is 0 Å². The molecule has 0 bridgehead atoms. The molecule has 37 heavy (non-hydrogen) atoms. The molecule has 1 fully saturated rings. The second-order valence-electron chi connectivity index (χ2n) is 10.1. The highest BCUT2D eigenvalue weighted by atomic mass is 16.3. The smallest absolute Gasteiger partial charge is 0.162 e. The summed E-state index contributed by atoms with van der Waals surface area (Å²) >= 11 is 0. The summed E-state index contributed by atoms with van der Waals surface area (Å²) in [4.78, 5) is 15.2. The average Bonchev–Trinajstić information content (AvgIpc) is 2.98. The zero-order valence-electron chi connectivity index (χ0n) is 21.3. The molecule has 1 aliphatic heterocycles. The van der Waals surface area contributed by atoms with Crippen molar-refractivity contribution in [2.24, 2.45) is 5.92 Å². The minimum atomic E-state index is -0.990. The van der Waals surface area contributed by atoms with Gasteiger partial charge in [0, 0.05) is 12.0 Å². The molecule has 4 aromatic rings. The zero-order valence-corrected chi connectivity index (χ0v) is 21.3. The number of hydrogen-bond donors (Lipinski definition) is 1. The third-order valence-electron chi connectivity index (χ3n) is 7.80. The van der Waals surface area contributed by atoms with Crippen LogP contribution in [0.2, 0.25) is 0 Å². The topological polar surface area (TPSA) is 40.5 Å². The van der Waals surface area contributed by atoms with Gasteiger partial charge in [0.1, 0.15) is 5.60 Å². The van der Waals surface area contributed by atoms with Crippen molar-refractivity contribution in [2.45, 2.75) is 31.3 Å². The van der Waals surface area contributed by atoms with Crippen LogP contribution >= 0.6 is 0 Å². The molecule has 1 heterocycles. The Morgan fingerprint density at radius 3 is 1.73 bits per heavy atom. The van der Waals surface area contributed by atoms with Crippen molar-refractivity contribution in [1.82, 2.24) is 4.90 Å². The van der Waals surface area contributed by atoms with E-state index < -0.39 is 5.60 Å². The summed E-state index contributed by atoms with van der Waals surface area (Å²) in [5.41, 5.74) is 4.01. The first-order chi connectivity index (χ1) is 18.1. The predicted octanol–water partition coefficient (Wildman–Crippen LogP) is 6.96. The van der Waals surface area contributed by atoms with Gasteiger partial charge in [0.2, 0.25) is 0 Å². The molecule has 3 heteroatoms. The van der Waals surface area contributed by atoms with E-state index in [4.69, 9.17) is 0 Å². The standard InChI is InChI=1S/C34H35NO2/c36-33(29-20-18-28(19-21-29)27-11-4-1-5-12-27)17-10-24-35-25-22-32(23-26-35)34(37,30-13-6-2-7-14-30)31-15-8-3-9-16-31/h1-9,11-16,18-21,32,37H,10,17,22-26H2. The first-order valence-electron chi connectivity index (χ1n) is 13.4. The maximum Gasteiger partial charge on any atom is 0.162 e. The normalized spacial score (nSPS) is 14.9. The Morgan fingerprint density at radius 2 is 1.19 bits per heavy atom. The largest absolute Gasteiger partial charge is 0.380 e. The Labute approximate surface area is 220 Å². The van der Waals surface area contributed by atoms with Crippen molar-refractivity contribution in [2.75, 3.05) is 19.6 Å². The molecule has 3 nitrogen and oxygen atoms in total. The van der Waals surface area contributed by atoms with Gasteiger partial charge in [-0.1, -0.05) is 115 Å². The molecule has 1 aliphatic rings. The first kappa shape index (κ1) is 25.1. The van der Waals surface area contributed by atoms with Gasteiger partial charge in [-0.15, -0.1) is 0 Å². The van der Waals surface area contributed by atoms with Crippen molar-refractivity contribution in [1.29, 1.82) is 0 Å². The molecule has 0 amide bonds. The number of likely N-dealkylation sites (tertiary alicyclic amines) is 1. The van der Waals surface area contributed by atoms with Crippen LogP contribution in [0.5, 0.6) is 0 Å². The lowest BCUT2D eigenvalue weighted by Gasteiger charge is -2.42. The van der Waals surface area contributed by atoms with Gasteiger partial charge in [-0.05, 0) is 67.1 Å². The lowest BCUT2D eigenvalue weighted by molar-refractivity contribution is -0.0142. The fraction of sp³-hybridized carbons (Fsp3) is 0.265. The third-order valence-corrected chi connectivity index (χ3v) is 7.80. The van der Waals surface area contributed by atoms with Crippen LogP contribution in [-0.4, -0.2) is 35.4 Å².